The Morgan fingerprint density at radius 1 is 1.38 bits per heavy atom. The summed E-state index contributed by atoms with van der Waals surface area (Å²) in [6.07, 6.45) is 9.91. The van der Waals surface area contributed by atoms with Crippen LogP contribution >= 0.6 is 0 Å². The predicted octanol–water partition coefficient (Wildman–Crippen LogP) is 1.76. The highest BCUT2D eigenvalue weighted by molar-refractivity contribution is 5.84. The molecule has 3 saturated carbocycles. The fraction of sp³-hybridized carbons (Fsp3) is 0.833. The first-order chi connectivity index (χ1) is 11.6. The van der Waals surface area contributed by atoms with Crippen LogP contribution in [0.5, 0.6) is 0 Å². The van der Waals surface area contributed by atoms with Gasteiger partial charge in [-0.1, -0.05) is 12.8 Å². The summed E-state index contributed by atoms with van der Waals surface area (Å²) in [7, 11) is 1.94. The lowest BCUT2D eigenvalue weighted by Crippen LogP contribution is -2.53. The lowest BCUT2D eigenvalue weighted by atomic mass is 9.54. The Morgan fingerprint density at radius 2 is 2.17 bits per heavy atom. The van der Waals surface area contributed by atoms with E-state index in [9.17, 15) is 9.90 Å². The largest absolute Gasteiger partial charge is 0.393 e. The van der Waals surface area contributed by atoms with Crippen LogP contribution in [0.15, 0.2) is 6.33 Å². The number of aliphatic hydroxyl groups excluding tert-OH is 1. The van der Waals surface area contributed by atoms with Crippen molar-refractivity contribution in [2.45, 2.75) is 63.4 Å². The van der Waals surface area contributed by atoms with E-state index in [1.165, 1.54) is 25.7 Å². The molecule has 3 aliphatic carbocycles. The van der Waals surface area contributed by atoms with Gasteiger partial charge in [-0.2, -0.15) is 0 Å². The molecule has 0 aromatic carbocycles. The van der Waals surface area contributed by atoms with Gasteiger partial charge in [-0.15, -0.1) is 10.2 Å². The van der Waals surface area contributed by atoms with Crippen molar-refractivity contribution in [3.05, 3.63) is 12.2 Å². The van der Waals surface area contributed by atoms with E-state index >= 15 is 0 Å². The van der Waals surface area contributed by atoms with Crippen molar-refractivity contribution >= 4 is 5.91 Å². The second-order valence-corrected chi connectivity index (χ2v) is 8.14. The molecule has 2 N–H and O–H groups in total. The number of rotatable bonds is 5. The molecule has 132 valence electrons. The van der Waals surface area contributed by atoms with Crippen LogP contribution < -0.4 is 5.32 Å². The standard InChI is InChI=1S/C18H28N4O2/c1-22-11-20-21-16(22)12-8-13(15(23)9-12)10-19-17(24)18(6-3-7-18)14-4-2-5-14/h11-15,23H,2-10H2,1H3,(H,19,24)/t12-,13+,15+/m0/s1. The molecule has 6 nitrogen and oxygen atoms in total. The zero-order valence-electron chi connectivity index (χ0n) is 14.4. The number of nitrogens with one attached hydrogen (secondary N) is 1. The van der Waals surface area contributed by atoms with Gasteiger partial charge < -0.3 is 15.0 Å². The summed E-state index contributed by atoms with van der Waals surface area (Å²) in [4.78, 5) is 12.8. The minimum Gasteiger partial charge on any atom is -0.393 e. The summed E-state index contributed by atoms with van der Waals surface area (Å²) in [5.41, 5.74) is -0.0786. The minimum atomic E-state index is -0.368. The molecule has 1 amide bonds. The Morgan fingerprint density at radius 3 is 2.71 bits per heavy atom. The molecule has 1 aromatic heterocycles. The highest BCUT2D eigenvalue weighted by Crippen LogP contribution is 2.54. The van der Waals surface area contributed by atoms with E-state index in [1.807, 2.05) is 11.6 Å². The summed E-state index contributed by atoms with van der Waals surface area (Å²) >= 11 is 0. The summed E-state index contributed by atoms with van der Waals surface area (Å²) in [5.74, 6) is 2.14. The van der Waals surface area contributed by atoms with Gasteiger partial charge in [0.25, 0.3) is 0 Å². The molecule has 0 saturated heterocycles. The topological polar surface area (TPSA) is 80.0 Å². The van der Waals surface area contributed by atoms with Crippen molar-refractivity contribution in [2.75, 3.05) is 6.54 Å². The normalized spacial score (nSPS) is 32.2. The predicted molar refractivity (Wildman–Crippen MR) is 89.1 cm³/mol. The summed E-state index contributed by atoms with van der Waals surface area (Å²) in [5, 5.41) is 21.7. The third kappa shape index (κ3) is 2.55. The number of aromatic nitrogens is 3. The zero-order valence-corrected chi connectivity index (χ0v) is 14.4. The molecule has 0 spiro atoms. The number of carbonyl (C=O) groups is 1. The van der Waals surface area contributed by atoms with Crippen molar-refractivity contribution in [1.82, 2.24) is 20.1 Å². The second kappa shape index (κ2) is 6.14. The smallest absolute Gasteiger partial charge is 0.226 e. The van der Waals surface area contributed by atoms with Crippen molar-refractivity contribution < 1.29 is 9.90 Å². The van der Waals surface area contributed by atoms with Crippen molar-refractivity contribution in [2.24, 2.45) is 24.3 Å². The molecule has 0 unspecified atom stereocenters. The molecule has 0 aliphatic heterocycles. The Balaban J connectivity index is 1.34. The van der Waals surface area contributed by atoms with Gasteiger partial charge in [0.1, 0.15) is 12.2 Å². The molecule has 3 atom stereocenters. The summed E-state index contributed by atoms with van der Waals surface area (Å²) in [6, 6.07) is 0. The van der Waals surface area contributed by atoms with Crippen molar-refractivity contribution in [1.29, 1.82) is 0 Å². The van der Waals surface area contributed by atoms with Crippen LogP contribution in [-0.2, 0) is 11.8 Å². The van der Waals surface area contributed by atoms with E-state index in [-0.39, 0.29) is 29.3 Å². The molecule has 1 aromatic rings. The van der Waals surface area contributed by atoms with E-state index < -0.39 is 0 Å². The van der Waals surface area contributed by atoms with Crippen LogP contribution in [0.3, 0.4) is 0 Å². The summed E-state index contributed by atoms with van der Waals surface area (Å²) in [6.45, 7) is 0.586. The molecule has 24 heavy (non-hydrogen) atoms. The average Bonchev–Trinajstić information content (AvgIpc) is 3.03. The Kier molecular flexibility index (Phi) is 4.11. The zero-order chi connectivity index (χ0) is 16.7. The van der Waals surface area contributed by atoms with Gasteiger partial charge in [0.2, 0.25) is 5.91 Å². The lowest BCUT2D eigenvalue weighted by Gasteiger charge is -2.50. The number of aryl methyl sites for hydroxylation is 1. The van der Waals surface area contributed by atoms with Crippen LogP contribution in [0.2, 0.25) is 0 Å². The quantitative estimate of drug-likeness (QED) is 0.861. The van der Waals surface area contributed by atoms with E-state index in [2.05, 4.69) is 15.5 Å². The number of nitrogens with zero attached hydrogens (tertiary/aromatic N) is 3. The number of carbonyl (C=O) groups excluding carboxylic acids is 1. The Labute approximate surface area is 143 Å². The number of hydrogen-bond acceptors (Lipinski definition) is 4. The number of hydrogen-bond donors (Lipinski definition) is 2. The first-order valence-electron chi connectivity index (χ1n) is 9.40. The van der Waals surface area contributed by atoms with Crippen LogP contribution in [0.25, 0.3) is 0 Å². The third-order valence-electron chi connectivity index (χ3n) is 6.88. The molecule has 3 fully saturated rings. The highest BCUT2D eigenvalue weighted by Gasteiger charge is 2.51. The Bertz CT molecular complexity index is 606. The lowest BCUT2D eigenvalue weighted by molar-refractivity contribution is -0.144. The minimum absolute atomic E-state index is 0.0786. The summed E-state index contributed by atoms with van der Waals surface area (Å²) < 4.78 is 1.93. The number of amides is 1. The first-order valence-corrected chi connectivity index (χ1v) is 9.40. The van der Waals surface area contributed by atoms with Crippen molar-refractivity contribution in [3.63, 3.8) is 0 Å². The maximum Gasteiger partial charge on any atom is 0.226 e. The molecular formula is C18H28N4O2. The average molecular weight is 332 g/mol. The maximum atomic E-state index is 12.8. The van der Waals surface area contributed by atoms with Gasteiger partial charge in [0, 0.05) is 25.4 Å². The van der Waals surface area contributed by atoms with Crippen LogP contribution in [-0.4, -0.2) is 38.4 Å². The van der Waals surface area contributed by atoms with Crippen LogP contribution in [0.4, 0.5) is 0 Å². The number of aliphatic hydroxyl groups is 1. The van der Waals surface area contributed by atoms with Gasteiger partial charge in [-0.3, -0.25) is 4.79 Å². The van der Waals surface area contributed by atoms with Gasteiger partial charge in [-0.05, 0) is 44.4 Å². The Hall–Kier alpha value is -1.43. The van der Waals surface area contributed by atoms with Gasteiger partial charge in [-0.25, -0.2) is 0 Å². The van der Waals surface area contributed by atoms with Crippen molar-refractivity contribution in [3.8, 4) is 0 Å². The third-order valence-corrected chi connectivity index (χ3v) is 6.88. The van der Waals surface area contributed by atoms with Gasteiger partial charge >= 0.3 is 0 Å². The van der Waals surface area contributed by atoms with Crippen LogP contribution in [0, 0.1) is 17.3 Å². The molecule has 4 rings (SSSR count). The van der Waals surface area contributed by atoms with Gasteiger partial charge in [0.15, 0.2) is 0 Å². The fourth-order valence-corrected chi connectivity index (χ4v) is 4.93. The molecule has 1 heterocycles. The molecule has 6 heteroatoms. The molecule has 0 bridgehead atoms. The van der Waals surface area contributed by atoms with E-state index in [0.717, 1.165) is 25.1 Å². The SMILES string of the molecule is Cn1cnnc1[C@H]1C[C@H](CNC(=O)C2(C3CCC3)CCC2)[C@H](O)C1. The molecule has 0 radical (unpaired) electrons. The second-order valence-electron chi connectivity index (χ2n) is 8.14. The van der Waals surface area contributed by atoms with Gasteiger partial charge in [0.05, 0.1) is 11.5 Å². The molecular weight excluding hydrogens is 304 g/mol. The molecule has 3 aliphatic rings. The van der Waals surface area contributed by atoms with Crippen LogP contribution in [0.1, 0.15) is 63.1 Å². The highest BCUT2D eigenvalue weighted by atomic mass is 16.3. The maximum absolute atomic E-state index is 12.8. The first kappa shape index (κ1) is 16.1. The van der Waals surface area contributed by atoms with E-state index in [4.69, 9.17) is 0 Å². The van der Waals surface area contributed by atoms with E-state index in [1.54, 1.807) is 6.33 Å². The fourth-order valence-electron chi connectivity index (χ4n) is 4.93. The monoisotopic (exact) mass is 332 g/mol. The van der Waals surface area contributed by atoms with E-state index in [0.29, 0.717) is 18.9 Å².